The lowest BCUT2D eigenvalue weighted by Crippen LogP contribution is -2.42. The van der Waals surface area contributed by atoms with Gasteiger partial charge in [0.25, 0.3) is 5.91 Å². The number of hydrogen-bond donors (Lipinski definition) is 1. The van der Waals surface area contributed by atoms with Gasteiger partial charge >= 0.3 is 6.01 Å². The van der Waals surface area contributed by atoms with E-state index in [0.717, 1.165) is 84.5 Å². The van der Waals surface area contributed by atoms with Crippen LogP contribution in [0, 0.1) is 18.3 Å². The largest absolute Gasteiger partial charge is 0.456 e. The standard InChI is InChI=1S/C36H43FN9O3/c1-22-29-19-44(12-6-14-46(29)42-31(22)33(47)43(2)3)32-26-20-49-36(11-4-7-23-8-9-27(39)25(17-38)30(23)36)16-28(26)40-34(41-32)48-21-35-10-5-13-45(35)18-24(37)15-35/h8-9,18,24H,4-7,10-16,19-21,39H2,1-3H3/q+1/t24-,35?,36+/m1/s1. The maximum Gasteiger partial charge on any atom is 0.318 e. The first-order chi connectivity index (χ1) is 23.6. The molecule has 4 aliphatic heterocycles. The third-order valence-electron chi connectivity index (χ3n) is 11.3. The van der Waals surface area contributed by atoms with Crippen LogP contribution in [-0.4, -0.2) is 86.8 Å². The summed E-state index contributed by atoms with van der Waals surface area (Å²) in [5, 5.41) is 14.9. The minimum Gasteiger partial charge on any atom is -0.456 e. The third kappa shape index (κ3) is 5.14. The molecule has 1 saturated heterocycles. The van der Waals surface area contributed by atoms with Crippen LogP contribution in [-0.2, 0) is 42.9 Å². The predicted molar refractivity (Wildman–Crippen MR) is 180 cm³/mol. The van der Waals surface area contributed by atoms with Crippen LogP contribution in [0.2, 0.25) is 0 Å². The van der Waals surface area contributed by atoms with Gasteiger partial charge < -0.3 is 25.0 Å². The molecule has 0 saturated carbocycles. The number of benzene rings is 1. The number of halogens is 1. The molecule has 0 radical (unpaired) electrons. The van der Waals surface area contributed by atoms with Crippen molar-refractivity contribution in [2.45, 2.75) is 95.3 Å². The SMILES string of the molecule is Cc1c(C(=O)N(C)C)nn2c1CN(c1nc(OCC34CCC[N+]3=C[C@H](F)C4)nc3c1CO[C@@]1(CCCc4ccc(N)c(C#N)c41)C3)CCC2. The highest BCUT2D eigenvalue weighted by Gasteiger charge is 2.53. The van der Waals surface area contributed by atoms with Crippen molar-refractivity contribution in [3.63, 3.8) is 0 Å². The topological polar surface area (TPSA) is 138 Å². The molecule has 3 atom stereocenters. The average Bonchev–Trinajstić information content (AvgIpc) is 3.65. The van der Waals surface area contributed by atoms with Crippen LogP contribution >= 0.6 is 0 Å². The molecule has 1 amide bonds. The number of aryl methyl sites for hydroxylation is 2. The normalized spacial score (nSPS) is 25.5. The molecule has 12 nitrogen and oxygen atoms in total. The summed E-state index contributed by atoms with van der Waals surface area (Å²) in [4.78, 5) is 26.8. The second-order valence-corrected chi connectivity index (χ2v) is 14.5. The summed E-state index contributed by atoms with van der Waals surface area (Å²) < 4.78 is 32.0. The first kappa shape index (κ1) is 31.7. The number of fused-ring (bicyclic) bond motifs is 5. The van der Waals surface area contributed by atoms with Gasteiger partial charge in [0.2, 0.25) is 0 Å². The number of nitrogen functional groups attached to an aromatic ring is 1. The molecule has 8 rings (SSSR count). The van der Waals surface area contributed by atoms with Crippen LogP contribution in [0.25, 0.3) is 0 Å². The van der Waals surface area contributed by atoms with Gasteiger partial charge in [-0.2, -0.15) is 20.3 Å². The summed E-state index contributed by atoms with van der Waals surface area (Å²) in [5.41, 5.74) is 12.1. The van der Waals surface area contributed by atoms with E-state index >= 15 is 0 Å². The number of nitrogens with two attached hydrogens (primary N) is 1. The van der Waals surface area contributed by atoms with Crippen molar-refractivity contribution in [2.24, 2.45) is 0 Å². The molecule has 1 aromatic carbocycles. The number of hydrogen-bond acceptors (Lipinski definition) is 9. The molecule has 0 bridgehead atoms. The van der Waals surface area contributed by atoms with E-state index in [1.54, 1.807) is 25.2 Å². The molecule has 3 aromatic rings. The number of nitriles is 1. The molecular formula is C36H43FN9O3+. The number of ether oxygens (including phenoxy) is 2. The molecule has 5 aliphatic rings. The zero-order valence-electron chi connectivity index (χ0n) is 28.5. The van der Waals surface area contributed by atoms with Crippen LogP contribution in [0.15, 0.2) is 12.1 Å². The van der Waals surface area contributed by atoms with Crippen molar-refractivity contribution in [3.8, 4) is 12.1 Å². The summed E-state index contributed by atoms with van der Waals surface area (Å²) in [6.07, 6.45) is 6.73. The van der Waals surface area contributed by atoms with Crippen LogP contribution in [0.3, 0.4) is 0 Å². The maximum absolute atomic E-state index is 14.6. The number of alkyl halides is 1. The molecule has 2 aromatic heterocycles. The molecular weight excluding hydrogens is 625 g/mol. The van der Waals surface area contributed by atoms with Gasteiger partial charge in [-0.15, -0.1) is 0 Å². The van der Waals surface area contributed by atoms with E-state index in [0.29, 0.717) is 56.0 Å². The quantitative estimate of drug-likeness (QED) is 0.319. The van der Waals surface area contributed by atoms with Crippen LogP contribution < -0.4 is 15.4 Å². The molecule has 1 fully saturated rings. The minimum atomic E-state index is -0.983. The maximum atomic E-state index is 14.6. The highest BCUT2D eigenvalue weighted by atomic mass is 19.1. The fourth-order valence-electron chi connectivity index (χ4n) is 8.84. The Bertz CT molecular complexity index is 1930. The number of rotatable bonds is 5. The van der Waals surface area contributed by atoms with Gasteiger partial charge in [-0.3, -0.25) is 9.48 Å². The highest BCUT2D eigenvalue weighted by molar-refractivity contribution is 5.93. The molecule has 49 heavy (non-hydrogen) atoms. The van der Waals surface area contributed by atoms with E-state index in [9.17, 15) is 14.4 Å². The number of anilines is 2. The van der Waals surface area contributed by atoms with Crippen molar-refractivity contribution in [1.82, 2.24) is 24.6 Å². The fourth-order valence-corrected chi connectivity index (χ4v) is 8.84. The van der Waals surface area contributed by atoms with Gasteiger partial charge in [0.05, 0.1) is 36.5 Å². The highest BCUT2D eigenvalue weighted by Crippen LogP contribution is 2.48. The minimum absolute atomic E-state index is 0.122. The van der Waals surface area contributed by atoms with Crippen LogP contribution in [0.5, 0.6) is 6.01 Å². The fraction of sp³-hybridized carbons (Fsp3) is 0.556. The molecule has 1 aliphatic carbocycles. The van der Waals surface area contributed by atoms with Crippen LogP contribution in [0.1, 0.15) is 88.2 Å². The Labute approximate surface area is 285 Å². The summed E-state index contributed by atoms with van der Waals surface area (Å²) in [6, 6.07) is 6.46. The summed E-state index contributed by atoms with van der Waals surface area (Å²) in [7, 11) is 3.47. The smallest absolute Gasteiger partial charge is 0.318 e. The Kier molecular flexibility index (Phi) is 7.62. The zero-order valence-corrected chi connectivity index (χ0v) is 28.5. The van der Waals surface area contributed by atoms with Crippen molar-refractivity contribution in [2.75, 3.05) is 44.4 Å². The Balaban J connectivity index is 1.20. The van der Waals surface area contributed by atoms with Gasteiger partial charge in [0.1, 0.15) is 24.0 Å². The molecule has 6 heterocycles. The van der Waals surface area contributed by atoms with E-state index in [1.165, 1.54) is 0 Å². The molecule has 13 heteroatoms. The third-order valence-corrected chi connectivity index (χ3v) is 11.3. The van der Waals surface area contributed by atoms with E-state index in [1.807, 2.05) is 23.7 Å². The van der Waals surface area contributed by atoms with Gasteiger partial charge in [0.15, 0.2) is 30.2 Å². The Morgan fingerprint density at radius 2 is 2.10 bits per heavy atom. The molecule has 1 unspecified atom stereocenters. The first-order valence-electron chi connectivity index (χ1n) is 17.4. The zero-order chi connectivity index (χ0) is 34.1. The van der Waals surface area contributed by atoms with Gasteiger partial charge in [-0.1, -0.05) is 6.07 Å². The van der Waals surface area contributed by atoms with E-state index in [2.05, 4.69) is 15.5 Å². The van der Waals surface area contributed by atoms with Gasteiger partial charge in [0, 0.05) is 68.8 Å². The lowest BCUT2D eigenvalue weighted by molar-refractivity contribution is -0.577. The lowest BCUT2D eigenvalue weighted by atomic mass is 9.72. The lowest BCUT2D eigenvalue weighted by Gasteiger charge is -2.43. The number of amides is 1. The summed E-state index contributed by atoms with van der Waals surface area (Å²) in [6.45, 7) is 5.23. The number of carbonyl (C=O) groups excluding carboxylic acids is 1. The predicted octanol–water partition coefficient (Wildman–Crippen LogP) is 3.59. The summed E-state index contributed by atoms with van der Waals surface area (Å²) >= 11 is 0. The molecule has 1 spiro atoms. The summed E-state index contributed by atoms with van der Waals surface area (Å²) in [5.74, 6) is 0.610. The number of carbonyl (C=O) groups is 1. The number of aromatic nitrogens is 4. The Hall–Kier alpha value is -4.57. The average molecular weight is 669 g/mol. The monoisotopic (exact) mass is 668 g/mol. The van der Waals surface area contributed by atoms with E-state index < -0.39 is 17.3 Å². The van der Waals surface area contributed by atoms with Crippen molar-refractivity contribution >= 4 is 23.6 Å². The number of nitrogens with zero attached hydrogens (tertiary/aromatic N) is 8. The van der Waals surface area contributed by atoms with Crippen molar-refractivity contribution in [3.05, 3.63) is 57.0 Å². The Morgan fingerprint density at radius 1 is 1.24 bits per heavy atom. The van der Waals surface area contributed by atoms with Crippen molar-refractivity contribution in [1.29, 1.82) is 5.26 Å². The Morgan fingerprint density at radius 3 is 2.92 bits per heavy atom. The van der Waals surface area contributed by atoms with Crippen molar-refractivity contribution < 1.29 is 23.2 Å². The first-order valence-corrected chi connectivity index (χ1v) is 17.4. The molecule has 2 N–H and O–H groups in total. The van der Waals surface area contributed by atoms with E-state index in [-0.39, 0.29) is 18.5 Å². The van der Waals surface area contributed by atoms with Crippen LogP contribution in [0.4, 0.5) is 15.9 Å². The second-order valence-electron chi connectivity index (χ2n) is 14.5. The molecule has 256 valence electrons. The van der Waals surface area contributed by atoms with Gasteiger partial charge in [-0.25, -0.2) is 8.97 Å². The van der Waals surface area contributed by atoms with Gasteiger partial charge in [-0.05, 0) is 44.2 Å². The van der Waals surface area contributed by atoms with E-state index in [4.69, 9.17) is 30.3 Å². The second kappa shape index (κ2) is 11.8.